The maximum Gasteiger partial charge on any atom is 0.271 e. The standard InChI is InChI=1S/C18H30N4O10S3.CH4O3S/c1-15-13-16(22(23)24)14-17(35(29,30)21-7-5-19(2)6-8-21)18(15)20(9-11-31-33(3,25)26)10-12-32-34(4,27)28;1-5(2,3)4/h13-14H,5-12H2,1-4H3;1H3,(H,2,3,4). The second-order valence-electron chi connectivity index (χ2n) is 8.85. The van der Waals surface area contributed by atoms with Crippen molar-refractivity contribution in [3.8, 4) is 0 Å². The molecule has 0 atom stereocenters. The highest BCUT2D eigenvalue weighted by Gasteiger charge is 2.33. The summed E-state index contributed by atoms with van der Waals surface area (Å²) in [6.07, 6.45) is 2.42. The molecule has 40 heavy (non-hydrogen) atoms. The van der Waals surface area contributed by atoms with Crippen molar-refractivity contribution >= 4 is 51.8 Å². The van der Waals surface area contributed by atoms with E-state index in [0.717, 1.165) is 18.6 Å². The van der Waals surface area contributed by atoms with E-state index in [0.29, 0.717) is 19.3 Å². The summed E-state index contributed by atoms with van der Waals surface area (Å²) in [5.74, 6) is 0. The number of hydrogen-bond donors (Lipinski definition) is 1. The van der Waals surface area contributed by atoms with Crippen molar-refractivity contribution in [1.29, 1.82) is 0 Å². The summed E-state index contributed by atoms with van der Waals surface area (Å²) >= 11 is 0. The fourth-order valence-electron chi connectivity index (χ4n) is 3.54. The van der Waals surface area contributed by atoms with Crippen LogP contribution >= 0.6 is 0 Å². The minimum atomic E-state index is -4.20. The molecule has 1 aliphatic rings. The maximum atomic E-state index is 13.6. The number of benzene rings is 1. The fraction of sp³-hybridized carbons (Fsp3) is 0.684. The second kappa shape index (κ2) is 14.3. The van der Waals surface area contributed by atoms with Crippen molar-refractivity contribution in [3.05, 3.63) is 27.8 Å². The van der Waals surface area contributed by atoms with E-state index >= 15 is 0 Å². The van der Waals surface area contributed by atoms with E-state index in [2.05, 4.69) is 0 Å². The Balaban J connectivity index is 0.00000146. The Kier molecular flexibility index (Phi) is 12.9. The van der Waals surface area contributed by atoms with Gasteiger partial charge >= 0.3 is 0 Å². The minimum Gasteiger partial charge on any atom is -0.365 e. The van der Waals surface area contributed by atoms with Crippen LogP contribution in [0.5, 0.6) is 0 Å². The summed E-state index contributed by atoms with van der Waals surface area (Å²) in [4.78, 5) is 13.8. The number of hydrogen-bond acceptors (Lipinski definition) is 14. The number of likely N-dealkylation sites (N-methyl/N-ethyl adjacent to an activating group) is 1. The highest BCUT2D eigenvalue weighted by atomic mass is 32.2. The van der Waals surface area contributed by atoms with Gasteiger partial charge in [-0.3, -0.25) is 23.0 Å². The second-order valence-corrected chi connectivity index (χ2v) is 15.5. The van der Waals surface area contributed by atoms with Crippen LogP contribution in [0.1, 0.15) is 5.56 Å². The van der Waals surface area contributed by atoms with Crippen LogP contribution in [0.2, 0.25) is 0 Å². The topological polar surface area (TPSA) is 228 Å². The van der Waals surface area contributed by atoms with Crippen LogP contribution in [0.3, 0.4) is 0 Å². The molecular weight excluding hydrogens is 620 g/mol. The van der Waals surface area contributed by atoms with Crippen molar-refractivity contribution in [3.63, 3.8) is 0 Å². The lowest BCUT2D eigenvalue weighted by atomic mass is 10.1. The number of nitrogens with zero attached hydrogens (tertiary/aromatic N) is 4. The van der Waals surface area contributed by atoms with E-state index in [1.54, 1.807) is 0 Å². The van der Waals surface area contributed by atoms with Gasteiger partial charge in [0.25, 0.3) is 36.0 Å². The van der Waals surface area contributed by atoms with E-state index in [-0.39, 0.29) is 55.5 Å². The molecule has 0 aromatic heterocycles. The van der Waals surface area contributed by atoms with Crippen LogP contribution in [0, 0.1) is 17.0 Å². The monoisotopic (exact) mass is 654 g/mol. The van der Waals surface area contributed by atoms with Crippen molar-refractivity contribution in [2.24, 2.45) is 0 Å². The van der Waals surface area contributed by atoms with Gasteiger partial charge in [-0.1, -0.05) is 0 Å². The van der Waals surface area contributed by atoms with Crippen LogP contribution in [0.15, 0.2) is 17.0 Å². The fourth-order valence-corrected chi connectivity index (χ4v) is 6.02. The van der Waals surface area contributed by atoms with Gasteiger partial charge in [0.15, 0.2) is 0 Å². The molecule has 1 N–H and O–H groups in total. The molecule has 21 heteroatoms. The van der Waals surface area contributed by atoms with E-state index < -0.39 is 51.0 Å². The zero-order chi connectivity index (χ0) is 31.1. The van der Waals surface area contributed by atoms with Gasteiger partial charge in [0.05, 0.1) is 42.6 Å². The Hall–Kier alpha value is -1.98. The van der Waals surface area contributed by atoms with Gasteiger partial charge < -0.3 is 9.80 Å². The average molecular weight is 655 g/mol. The smallest absolute Gasteiger partial charge is 0.271 e. The molecule has 17 nitrogen and oxygen atoms in total. The van der Waals surface area contributed by atoms with Gasteiger partial charge in [-0.25, -0.2) is 8.42 Å². The summed E-state index contributed by atoms with van der Waals surface area (Å²) in [5, 5.41) is 11.5. The summed E-state index contributed by atoms with van der Waals surface area (Å²) in [7, 11) is -13.6. The van der Waals surface area contributed by atoms with Crippen LogP contribution in [-0.2, 0) is 48.7 Å². The van der Waals surface area contributed by atoms with E-state index in [9.17, 15) is 43.8 Å². The molecular formula is C19H34N4O13S4. The number of rotatable bonds is 12. The first kappa shape index (κ1) is 36.0. The first-order chi connectivity index (χ1) is 18.0. The molecule has 1 fully saturated rings. The summed E-state index contributed by atoms with van der Waals surface area (Å²) in [6.45, 7) is 1.70. The van der Waals surface area contributed by atoms with Gasteiger partial charge in [0, 0.05) is 51.4 Å². The lowest BCUT2D eigenvalue weighted by Gasteiger charge is -2.34. The molecule has 1 aromatic carbocycles. The molecule has 232 valence electrons. The van der Waals surface area contributed by atoms with Gasteiger partial charge in [-0.2, -0.15) is 29.6 Å². The Morgan fingerprint density at radius 1 is 0.900 bits per heavy atom. The predicted octanol–water partition coefficient (Wildman–Crippen LogP) is -0.898. The largest absolute Gasteiger partial charge is 0.365 e. The highest BCUT2D eigenvalue weighted by Crippen LogP contribution is 2.35. The van der Waals surface area contributed by atoms with Crippen molar-refractivity contribution in [2.75, 3.05) is 83.2 Å². The van der Waals surface area contributed by atoms with Crippen LogP contribution < -0.4 is 4.90 Å². The molecule has 0 aliphatic carbocycles. The zero-order valence-corrected chi connectivity index (χ0v) is 25.8. The third kappa shape index (κ3) is 13.1. The van der Waals surface area contributed by atoms with E-state index in [4.69, 9.17) is 12.9 Å². The predicted molar refractivity (Wildman–Crippen MR) is 145 cm³/mol. The third-order valence-corrected chi connectivity index (χ3v) is 8.28. The number of nitro groups is 1. The maximum absolute atomic E-state index is 13.6. The molecule has 0 bridgehead atoms. The van der Waals surface area contributed by atoms with Crippen molar-refractivity contribution < 1.29 is 51.5 Å². The Labute approximate surface area is 234 Å². The van der Waals surface area contributed by atoms with E-state index in [1.165, 1.54) is 22.2 Å². The first-order valence-corrected chi connectivity index (χ1v) is 18.3. The number of aryl methyl sites for hydroxylation is 1. The number of nitro benzene ring substituents is 1. The molecule has 2 rings (SSSR count). The highest BCUT2D eigenvalue weighted by molar-refractivity contribution is 7.89. The number of sulfonamides is 1. The van der Waals surface area contributed by atoms with Crippen LogP contribution in [0.25, 0.3) is 0 Å². The number of piperazine rings is 1. The van der Waals surface area contributed by atoms with Crippen molar-refractivity contribution in [2.45, 2.75) is 11.8 Å². The molecule has 0 spiro atoms. The first-order valence-electron chi connectivity index (χ1n) is 11.3. The molecule has 0 unspecified atom stereocenters. The summed E-state index contributed by atoms with van der Waals surface area (Å²) < 4.78 is 110. The van der Waals surface area contributed by atoms with Gasteiger partial charge in [0.2, 0.25) is 10.0 Å². The molecule has 0 radical (unpaired) electrons. The lowest BCUT2D eigenvalue weighted by Crippen LogP contribution is -2.47. The van der Waals surface area contributed by atoms with E-state index in [1.807, 2.05) is 11.9 Å². The molecule has 0 amide bonds. The molecule has 1 heterocycles. The lowest BCUT2D eigenvalue weighted by molar-refractivity contribution is -0.385. The SMILES string of the molecule is CS(=O)(=O)O.Cc1cc([N+](=O)[O-])cc(S(=O)(=O)N2CCN(C)CC2)c1N(CCOS(C)(=O)=O)CCOS(C)(=O)=O. The molecule has 0 saturated carbocycles. The third-order valence-electron chi connectivity index (χ3n) is 5.17. The Morgan fingerprint density at radius 3 is 1.70 bits per heavy atom. The Morgan fingerprint density at radius 2 is 1.32 bits per heavy atom. The van der Waals surface area contributed by atoms with Crippen molar-refractivity contribution in [1.82, 2.24) is 9.21 Å². The Bertz CT molecular complexity index is 1420. The van der Waals surface area contributed by atoms with Gasteiger partial charge in [-0.15, -0.1) is 0 Å². The zero-order valence-electron chi connectivity index (χ0n) is 22.6. The number of anilines is 1. The average Bonchev–Trinajstić information content (AvgIpc) is 2.75. The molecule has 1 aromatic rings. The van der Waals surface area contributed by atoms with Crippen LogP contribution in [0.4, 0.5) is 11.4 Å². The summed E-state index contributed by atoms with van der Waals surface area (Å²) in [6, 6.07) is 2.15. The molecule has 1 aliphatic heterocycles. The van der Waals surface area contributed by atoms with Gasteiger partial charge in [-0.05, 0) is 19.5 Å². The normalized spacial score (nSPS) is 15.8. The molecule has 1 saturated heterocycles. The quantitative estimate of drug-likeness (QED) is 0.125. The van der Waals surface area contributed by atoms with Crippen LogP contribution in [-0.4, -0.2) is 131 Å². The van der Waals surface area contributed by atoms with Gasteiger partial charge in [0.1, 0.15) is 4.90 Å². The minimum absolute atomic E-state index is 0.0729. The summed E-state index contributed by atoms with van der Waals surface area (Å²) in [5.41, 5.74) is -0.131. The number of non-ortho nitro benzene ring substituents is 1.